The van der Waals surface area contributed by atoms with Gasteiger partial charge < -0.3 is 43.5 Å². The molecule has 0 aliphatic carbocycles. The van der Waals surface area contributed by atoms with Crippen molar-refractivity contribution < 1.29 is 94.9 Å². The van der Waals surface area contributed by atoms with Gasteiger partial charge in [-0.15, -0.1) is 0 Å². The summed E-state index contributed by atoms with van der Waals surface area (Å²) in [6, 6.07) is 0. The maximum absolute atomic E-state index is 8.60. The zero-order valence-electron chi connectivity index (χ0n) is 11.3. The zero-order valence-corrected chi connectivity index (χ0v) is 17.2. The van der Waals surface area contributed by atoms with Crippen molar-refractivity contribution in [1.82, 2.24) is 0 Å². The summed E-state index contributed by atoms with van der Waals surface area (Å²) in [5.41, 5.74) is 0. The van der Waals surface area contributed by atoms with Crippen molar-refractivity contribution in [1.29, 1.82) is 0 Å². The number of halogens is 5. The molecule has 0 saturated carbocycles. The topological polar surface area (TPSA) is 207 Å². The molecule has 15 heteroatoms. The average molecular weight is 440 g/mol. The molecule has 0 atom stereocenters. The third-order valence-electron chi connectivity index (χ3n) is 1.39. The third-order valence-corrected chi connectivity index (χ3v) is 3.63. The van der Waals surface area contributed by atoms with Gasteiger partial charge in [-0.1, -0.05) is 58.0 Å². The van der Waals surface area contributed by atoms with Gasteiger partial charge in [-0.3, -0.25) is 0 Å². The van der Waals surface area contributed by atoms with Crippen molar-refractivity contribution in [3.63, 3.8) is 0 Å². The molecule has 8 nitrogen and oxygen atoms in total. The molecule has 0 aliphatic heterocycles. The van der Waals surface area contributed by atoms with E-state index in [2.05, 4.69) is 4.65 Å². The Balaban J connectivity index is -0.0000000643. The van der Waals surface area contributed by atoms with E-state index in [1.807, 2.05) is 0 Å². The summed E-state index contributed by atoms with van der Waals surface area (Å²) in [4.78, 5) is 0. The molecule has 124 valence electrons. The van der Waals surface area contributed by atoms with Crippen molar-refractivity contribution in [2.24, 2.45) is 0 Å². The van der Waals surface area contributed by atoms with Gasteiger partial charge in [0.1, 0.15) is 15.8 Å². The van der Waals surface area contributed by atoms with E-state index >= 15 is 0 Å². The minimum Gasteiger partial charge on any atom is -1.00 e. The third kappa shape index (κ3) is 9.69. The molecule has 0 bridgehead atoms. The standard InChI is InChI=1S/C6H2BCl5O3.K.5H2O.H/c8-1-2(9)4(11)6(15-7(13)14)5(12)3(1)10;;;;;;;/h13-14H;;5*1H2;/q;+1;;;;;;-1. The van der Waals surface area contributed by atoms with Crippen molar-refractivity contribution >= 4 is 65.3 Å². The van der Waals surface area contributed by atoms with Gasteiger partial charge in [-0.25, -0.2) is 0 Å². The van der Waals surface area contributed by atoms with E-state index in [1.165, 1.54) is 0 Å². The molecule has 12 N–H and O–H groups in total. The molecular weight excluding hydrogens is 427 g/mol. The van der Waals surface area contributed by atoms with Crippen LogP contribution in [0, 0.1) is 0 Å². The molecule has 0 aromatic heterocycles. The Morgan fingerprint density at radius 1 is 0.667 bits per heavy atom. The van der Waals surface area contributed by atoms with Crippen LogP contribution in [0.3, 0.4) is 0 Å². The average Bonchev–Trinajstić information content (AvgIpc) is 2.18. The predicted molar refractivity (Wildman–Crippen MR) is 81.5 cm³/mol. The fraction of sp³-hybridized carbons (Fsp3) is 0. The first-order valence-electron chi connectivity index (χ1n) is 3.40. The van der Waals surface area contributed by atoms with Gasteiger partial charge in [0.15, 0.2) is 0 Å². The second-order valence-electron chi connectivity index (χ2n) is 2.34. The van der Waals surface area contributed by atoms with E-state index in [9.17, 15) is 0 Å². The maximum atomic E-state index is 8.60. The Morgan fingerprint density at radius 3 is 1.14 bits per heavy atom. The Labute approximate surface area is 188 Å². The first-order valence-corrected chi connectivity index (χ1v) is 5.29. The number of rotatable bonds is 2. The number of hydrogen-bond acceptors (Lipinski definition) is 3. The van der Waals surface area contributed by atoms with E-state index < -0.39 is 7.32 Å². The minimum absolute atomic E-state index is 0. The van der Waals surface area contributed by atoms with Crippen LogP contribution in [0.15, 0.2) is 0 Å². The van der Waals surface area contributed by atoms with E-state index in [4.69, 9.17) is 68.1 Å². The van der Waals surface area contributed by atoms with Crippen LogP contribution in [-0.2, 0) is 0 Å². The van der Waals surface area contributed by atoms with Crippen LogP contribution >= 0.6 is 58.0 Å². The van der Waals surface area contributed by atoms with Gasteiger partial charge in [0.05, 0.1) is 15.1 Å². The Bertz CT molecular complexity index is 388. The summed E-state index contributed by atoms with van der Waals surface area (Å²) >= 11 is 28.5. The molecule has 1 rings (SSSR count). The summed E-state index contributed by atoms with van der Waals surface area (Å²) in [5, 5.41) is 16.7. The van der Waals surface area contributed by atoms with Crippen LogP contribution in [0.25, 0.3) is 0 Å². The summed E-state index contributed by atoms with van der Waals surface area (Å²) in [5.74, 6) is -0.243. The van der Waals surface area contributed by atoms with Crippen LogP contribution in [0.1, 0.15) is 1.43 Å². The molecule has 0 heterocycles. The van der Waals surface area contributed by atoms with Crippen molar-refractivity contribution in [3.05, 3.63) is 25.1 Å². The molecule has 0 saturated heterocycles. The molecule has 0 spiro atoms. The molecule has 0 unspecified atom stereocenters. The van der Waals surface area contributed by atoms with E-state index in [0.717, 1.165) is 0 Å². The second kappa shape index (κ2) is 16.7. The second-order valence-corrected chi connectivity index (χ2v) is 4.23. The smallest absolute Gasteiger partial charge is 1.00 e. The summed E-state index contributed by atoms with van der Waals surface area (Å²) in [6.45, 7) is 0. The molecular formula is C6H13BCl5KO8. The molecule has 1 aromatic carbocycles. The minimum atomic E-state index is -2.09. The molecule has 21 heavy (non-hydrogen) atoms. The van der Waals surface area contributed by atoms with Crippen molar-refractivity contribution in [2.45, 2.75) is 0 Å². The van der Waals surface area contributed by atoms with Gasteiger partial charge in [0.2, 0.25) is 0 Å². The number of hydrogen-bond donors (Lipinski definition) is 2. The van der Waals surface area contributed by atoms with Crippen molar-refractivity contribution in [3.8, 4) is 5.75 Å². The van der Waals surface area contributed by atoms with Crippen LogP contribution in [-0.4, -0.2) is 44.8 Å². The Morgan fingerprint density at radius 2 is 0.905 bits per heavy atom. The van der Waals surface area contributed by atoms with E-state index in [0.29, 0.717) is 0 Å². The first kappa shape index (κ1) is 38.4. The van der Waals surface area contributed by atoms with Crippen LogP contribution in [0.5, 0.6) is 5.75 Å². The molecule has 0 radical (unpaired) electrons. The Hall–Kier alpha value is 1.89. The first-order chi connectivity index (χ1) is 6.86. The quantitative estimate of drug-likeness (QED) is 0.271. The van der Waals surface area contributed by atoms with E-state index in [-0.39, 0.29) is 111 Å². The fourth-order valence-electron chi connectivity index (χ4n) is 0.794. The monoisotopic (exact) mass is 438 g/mol. The maximum Gasteiger partial charge on any atom is 1.00 e. The molecule has 0 aliphatic rings. The zero-order chi connectivity index (χ0) is 11.7. The SMILES string of the molecule is O.O.O.O.O.OB(O)Oc1c(Cl)c(Cl)c(Cl)c(Cl)c1Cl.[H-].[K+]. The Kier molecular flexibility index (Phi) is 30.6. The molecule has 1 aromatic rings. The fourth-order valence-corrected chi connectivity index (χ4v) is 2.00. The van der Waals surface area contributed by atoms with Crippen LogP contribution in [0.2, 0.25) is 25.1 Å². The normalized spacial score (nSPS) is 7.38. The van der Waals surface area contributed by atoms with E-state index in [1.54, 1.807) is 0 Å². The summed E-state index contributed by atoms with van der Waals surface area (Å²) in [7, 11) is -2.09. The molecule has 0 amide bonds. The van der Waals surface area contributed by atoms with Gasteiger partial charge in [-0.05, 0) is 0 Å². The summed E-state index contributed by atoms with van der Waals surface area (Å²) in [6.07, 6.45) is 0. The molecule has 0 fully saturated rings. The van der Waals surface area contributed by atoms with Crippen molar-refractivity contribution in [2.75, 3.05) is 0 Å². The largest absolute Gasteiger partial charge is 1.00 e. The van der Waals surface area contributed by atoms with Crippen LogP contribution < -0.4 is 56.0 Å². The predicted octanol–water partition coefficient (Wildman–Crippen LogP) is -3.71. The van der Waals surface area contributed by atoms with Gasteiger partial charge >= 0.3 is 58.7 Å². The van der Waals surface area contributed by atoms with Crippen LogP contribution in [0.4, 0.5) is 0 Å². The van der Waals surface area contributed by atoms with Gasteiger partial charge in [-0.2, -0.15) is 0 Å². The number of benzene rings is 1. The van der Waals surface area contributed by atoms with Gasteiger partial charge in [0, 0.05) is 0 Å². The van der Waals surface area contributed by atoms with Gasteiger partial charge in [0.25, 0.3) is 0 Å². The summed E-state index contributed by atoms with van der Waals surface area (Å²) < 4.78 is 4.51.